The smallest absolute Gasteiger partial charge is 0.163 e. The van der Waals surface area contributed by atoms with Crippen LogP contribution < -0.4 is 0 Å². The van der Waals surface area contributed by atoms with E-state index in [9.17, 15) is 13.9 Å². The van der Waals surface area contributed by atoms with E-state index in [1.54, 1.807) is 17.7 Å². The van der Waals surface area contributed by atoms with Gasteiger partial charge in [0.1, 0.15) is 41.7 Å². The summed E-state index contributed by atoms with van der Waals surface area (Å²) in [4.78, 5) is 16.2. The first-order valence-electron chi connectivity index (χ1n) is 8.12. The Morgan fingerprint density at radius 3 is 2.74 bits per heavy atom. The fourth-order valence-corrected chi connectivity index (χ4v) is 3.14. The van der Waals surface area contributed by atoms with Crippen LogP contribution in [0.15, 0.2) is 49.7 Å². The van der Waals surface area contributed by atoms with Crippen LogP contribution in [0.2, 0.25) is 0 Å². The van der Waals surface area contributed by atoms with Crippen molar-refractivity contribution in [1.82, 2.24) is 34.3 Å². The Hall–Kier alpha value is -3.27. The number of benzene rings is 1. The summed E-state index contributed by atoms with van der Waals surface area (Å²) in [6.45, 7) is 1.59. The summed E-state index contributed by atoms with van der Waals surface area (Å²) in [5.41, 5.74) is -0.837. The van der Waals surface area contributed by atoms with Gasteiger partial charge in [0.2, 0.25) is 0 Å². The molecule has 0 fully saturated rings. The van der Waals surface area contributed by atoms with Gasteiger partial charge in [0.05, 0.1) is 25.1 Å². The fraction of sp³-hybridized carbons (Fsp3) is 0.235. The molecule has 0 saturated heterocycles. The quantitative estimate of drug-likeness (QED) is 0.575. The molecule has 0 aliphatic carbocycles. The fourth-order valence-electron chi connectivity index (χ4n) is 3.14. The van der Waals surface area contributed by atoms with Crippen molar-refractivity contribution in [2.24, 2.45) is 0 Å². The van der Waals surface area contributed by atoms with Gasteiger partial charge < -0.3 is 9.67 Å². The van der Waals surface area contributed by atoms with Crippen molar-refractivity contribution in [1.29, 1.82) is 0 Å². The van der Waals surface area contributed by atoms with Crippen LogP contribution in [-0.4, -0.2) is 39.4 Å². The lowest BCUT2D eigenvalue weighted by Gasteiger charge is -2.35. The first-order valence-corrected chi connectivity index (χ1v) is 8.12. The number of hydrogen-bond donors (Lipinski definition) is 1. The molecule has 0 saturated carbocycles. The van der Waals surface area contributed by atoms with E-state index in [0.717, 1.165) is 12.1 Å². The molecule has 1 N–H and O–H groups in total. The highest BCUT2D eigenvalue weighted by Crippen LogP contribution is 2.37. The van der Waals surface area contributed by atoms with E-state index in [-0.39, 0.29) is 12.1 Å². The van der Waals surface area contributed by atoms with Crippen LogP contribution in [0, 0.1) is 11.6 Å². The summed E-state index contributed by atoms with van der Waals surface area (Å²) < 4.78 is 31.0. The molecular weight excluding hydrogens is 356 g/mol. The molecule has 3 heterocycles. The van der Waals surface area contributed by atoms with E-state index in [2.05, 4.69) is 25.0 Å². The molecule has 8 nitrogen and oxygen atoms in total. The highest BCUT2D eigenvalue weighted by molar-refractivity contribution is 5.69. The van der Waals surface area contributed by atoms with E-state index in [0.29, 0.717) is 11.2 Å². The van der Waals surface area contributed by atoms with Crippen LogP contribution in [0.25, 0.3) is 11.2 Å². The van der Waals surface area contributed by atoms with Crippen LogP contribution in [-0.2, 0) is 12.1 Å². The maximum absolute atomic E-state index is 14.6. The molecule has 138 valence electrons. The molecular formula is C17H15F2N7O. The first-order chi connectivity index (χ1) is 13.0. The molecule has 2 unspecified atom stereocenters. The molecule has 0 aliphatic rings. The molecule has 0 radical (unpaired) electrons. The Kier molecular flexibility index (Phi) is 4.11. The number of fused-ring (bicyclic) bond motifs is 1. The van der Waals surface area contributed by atoms with Crippen LogP contribution in [0.3, 0.4) is 0 Å². The SMILES string of the molecule is CC(n1cnc2cncnc21)C(O)(Cn1cncn1)c1ccc(F)cc1F. The lowest BCUT2D eigenvalue weighted by Crippen LogP contribution is -2.40. The zero-order valence-electron chi connectivity index (χ0n) is 14.2. The van der Waals surface area contributed by atoms with Crippen LogP contribution in [0.5, 0.6) is 0 Å². The minimum absolute atomic E-state index is 0.0668. The summed E-state index contributed by atoms with van der Waals surface area (Å²) in [6.07, 6.45) is 7.12. The molecule has 1 aromatic carbocycles. The predicted molar refractivity (Wildman–Crippen MR) is 90.3 cm³/mol. The number of aliphatic hydroxyl groups is 1. The average Bonchev–Trinajstić information content (AvgIpc) is 3.30. The van der Waals surface area contributed by atoms with Gasteiger partial charge in [-0.1, -0.05) is 6.07 Å². The highest BCUT2D eigenvalue weighted by atomic mass is 19.1. The van der Waals surface area contributed by atoms with Crippen LogP contribution in [0.1, 0.15) is 18.5 Å². The summed E-state index contributed by atoms with van der Waals surface area (Å²) in [6, 6.07) is 2.35. The van der Waals surface area contributed by atoms with Gasteiger partial charge in [-0.2, -0.15) is 5.10 Å². The second-order valence-electron chi connectivity index (χ2n) is 6.20. The summed E-state index contributed by atoms with van der Waals surface area (Å²) in [7, 11) is 0. The number of hydrogen-bond acceptors (Lipinski definition) is 6. The number of imidazole rings is 1. The van der Waals surface area contributed by atoms with Gasteiger partial charge in [0.15, 0.2) is 5.65 Å². The maximum atomic E-state index is 14.6. The second kappa shape index (κ2) is 6.47. The topological polar surface area (TPSA) is 94.5 Å². The molecule has 0 amide bonds. The number of halogens is 2. The molecule has 4 rings (SSSR count). The predicted octanol–water partition coefficient (Wildman–Crippen LogP) is 1.84. The van der Waals surface area contributed by atoms with Crippen molar-refractivity contribution in [3.05, 3.63) is 66.9 Å². The van der Waals surface area contributed by atoms with Crippen LogP contribution in [0.4, 0.5) is 8.78 Å². The monoisotopic (exact) mass is 371 g/mol. The lowest BCUT2D eigenvalue weighted by atomic mass is 9.86. The van der Waals surface area contributed by atoms with E-state index >= 15 is 0 Å². The Balaban J connectivity index is 1.86. The van der Waals surface area contributed by atoms with Crippen molar-refractivity contribution in [2.45, 2.75) is 25.1 Å². The zero-order valence-corrected chi connectivity index (χ0v) is 14.2. The third kappa shape index (κ3) is 2.93. The Bertz CT molecular complexity index is 1080. The summed E-state index contributed by atoms with van der Waals surface area (Å²) in [5.74, 6) is -1.59. The average molecular weight is 371 g/mol. The molecule has 10 heteroatoms. The highest BCUT2D eigenvalue weighted by Gasteiger charge is 2.41. The standard InChI is InChI=1S/C17H15F2N7O/c1-11(26-10-23-15-5-20-7-22-16(15)26)17(27,6-25-9-21-8-24-25)13-3-2-12(18)4-14(13)19/h2-5,7-11,27H,6H2,1H3. The lowest BCUT2D eigenvalue weighted by molar-refractivity contribution is -0.0320. The van der Waals surface area contributed by atoms with Gasteiger partial charge in [0, 0.05) is 11.6 Å². The Labute approximate surface area is 152 Å². The number of aromatic nitrogens is 7. The third-order valence-electron chi connectivity index (χ3n) is 4.61. The van der Waals surface area contributed by atoms with Crippen molar-refractivity contribution < 1.29 is 13.9 Å². The van der Waals surface area contributed by atoms with Gasteiger partial charge in [-0.15, -0.1) is 0 Å². The van der Waals surface area contributed by atoms with Gasteiger partial charge >= 0.3 is 0 Å². The van der Waals surface area contributed by atoms with Crippen molar-refractivity contribution in [3.63, 3.8) is 0 Å². The molecule has 0 aliphatic heterocycles. The summed E-state index contributed by atoms with van der Waals surface area (Å²) >= 11 is 0. The number of nitrogens with zero attached hydrogens (tertiary/aromatic N) is 7. The molecule has 2 atom stereocenters. The first kappa shape index (κ1) is 17.2. The maximum Gasteiger partial charge on any atom is 0.163 e. The molecule has 4 aromatic rings. The van der Waals surface area contributed by atoms with Gasteiger partial charge in [-0.05, 0) is 13.0 Å². The normalized spacial score (nSPS) is 15.0. The summed E-state index contributed by atoms with van der Waals surface area (Å²) in [5, 5.41) is 15.6. The second-order valence-corrected chi connectivity index (χ2v) is 6.20. The molecule has 0 bridgehead atoms. The zero-order chi connectivity index (χ0) is 19.0. The van der Waals surface area contributed by atoms with Crippen LogP contribution >= 0.6 is 0 Å². The van der Waals surface area contributed by atoms with Gasteiger partial charge in [0.25, 0.3) is 0 Å². The van der Waals surface area contributed by atoms with E-state index in [1.165, 1.54) is 36.1 Å². The van der Waals surface area contributed by atoms with E-state index in [4.69, 9.17) is 0 Å². The minimum Gasteiger partial charge on any atom is -0.381 e. The largest absolute Gasteiger partial charge is 0.381 e. The molecule has 27 heavy (non-hydrogen) atoms. The van der Waals surface area contributed by atoms with Gasteiger partial charge in [-0.25, -0.2) is 33.4 Å². The third-order valence-corrected chi connectivity index (χ3v) is 4.61. The van der Waals surface area contributed by atoms with Crippen molar-refractivity contribution in [2.75, 3.05) is 0 Å². The minimum atomic E-state index is -1.79. The van der Waals surface area contributed by atoms with E-state index < -0.39 is 23.3 Å². The molecule has 3 aromatic heterocycles. The van der Waals surface area contributed by atoms with Crippen molar-refractivity contribution >= 4 is 11.2 Å². The van der Waals surface area contributed by atoms with Crippen molar-refractivity contribution in [3.8, 4) is 0 Å². The van der Waals surface area contributed by atoms with Gasteiger partial charge in [-0.3, -0.25) is 0 Å². The Morgan fingerprint density at radius 1 is 1.15 bits per heavy atom. The Morgan fingerprint density at radius 2 is 2.00 bits per heavy atom. The van der Waals surface area contributed by atoms with E-state index in [1.807, 2.05) is 0 Å². The number of rotatable bonds is 5. The molecule has 0 spiro atoms.